The Balaban J connectivity index is 1.31. The van der Waals surface area contributed by atoms with Crippen LogP contribution in [0, 0.1) is 11.8 Å². The van der Waals surface area contributed by atoms with E-state index >= 15 is 0 Å². The van der Waals surface area contributed by atoms with E-state index in [1.54, 1.807) is 30.5 Å². The van der Waals surface area contributed by atoms with Gasteiger partial charge in [0.25, 0.3) is 5.91 Å². The molecular weight excluding hydrogens is 426 g/mol. The molecule has 2 aliphatic rings. The predicted octanol–water partition coefficient (Wildman–Crippen LogP) is 2.65. The molecule has 0 radical (unpaired) electrons. The Bertz CT molecular complexity index is 1270. The van der Waals surface area contributed by atoms with Gasteiger partial charge < -0.3 is 10.4 Å². The fourth-order valence-corrected chi connectivity index (χ4v) is 5.69. The highest BCUT2D eigenvalue weighted by atomic mass is 35.5. The molecule has 0 aliphatic heterocycles. The molecule has 2 aromatic carbocycles. The zero-order valence-electron chi connectivity index (χ0n) is 16.1. The summed E-state index contributed by atoms with van der Waals surface area (Å²) in [4.78, 5) is 12.7. The second-order valence-electron chi connectivity index (χ2n) is 8.35. The SMILES string of the molecule is CS(=O)(=O)c1cccc(C(=O)NC2[C@H]3C[C@](O)(c4cc(Cl)cc5[nH]ncc45)C[C@@H]23)c1. The van der Waals surface area contributed by atoms with Crippen LogP contribution >= 0.6 is 11.6 Å². The summed E-state index contributed by atoms with van der Waals surface area (Å²) in [6.45, 7) is 0. The van der Waals surface area contributed by atoms with E-state index in [1.807, 2.05) is 0 Å². The Hall–Kier alpha value is -2.42. The van der Waals surface area contributed by atoms with Gasteiger partial charge in [-0.1, -0.05) is 17.7 Å². The lowest BCUT2D eigenvalue weighted by Gasteiger charge is -2.27. The van der Waals surface area contributed by atoms with E-state index in [-0.39, 0.29) is 28.7 Å². The summed E-state index contributed by atoms with van der Waals surface area (Å²) in [7, 11) is -3.38. The number of fused-ring (bicyclic) bond motifs is 2. The van der Waals surface area contributed by atoms with Crippen LogP contribution < -0.4 is 5.32 Å². The van der Waals surface area contributed by atoms with Gasteiger partial charge in [-0.25, -0.2) is 8.42 Å². The highest BCUT2D eigenvalue weighted by molar-refractivity contribution is 7.90. The van der Waals surface area contributed by atoms with Gasteiger partial charge in [-0.3, -0.25) is 9.89 Å². The number of hydrogen-bond acceptors (Lipinski definition) is 5. The number of carbonyl (C=O) groups is 1. The molecule has 0 spiro atoms. The van der Waals surface area contributed by atoms with Crippen LogP contribution in [0.2, 0.25) is 5.02 Å². The molecule has 2 aliphatic carbocycles. The standard InChI is InChI=1S/C21H20ClN3O4S/c1-30(28,29)13-4-2-3-11(5-13)20(26)24-19-14-8-21(27,9-15(14)19)17-6-12(22)7-18-16(17)10-23-25-18/h2-7,10,14-15,19,27H,8-9H2,1H3,(H,23,25)(H,24,26)/t14-,15+,19?,21+. The van der Waals surface area contributed by atoms with Crippen LogP contribution in [-0.4, -0.2) is 41.9 Å². The van der Waals surface area contributed by atoms with Gasteiger partial charge in [0.15, 0.2) is 9.84 Å². The van der Waals surface area contributed by atoms with Gasteiger partial charge in [-0.2, -0.15) is 5.10 Å². The maximum Gasteiger partial charge on any atom is 0.251 e. The minimum Gasteiger partial charge on any atom is -0.385 e. The molecule has 1 amide bonds. The first-order chi connectivity index (χ1) is 14.2. The number of aliphatic hydroxyl groups is 1. The zero-order chi connectivity index (χ0) is 21.3. The first-order valence-corrected chi connectivity index (χ1v) is 11.9. The van der Waals surface area contributed by atoms with Crippen LogP contribution in [0.1, 0.15) is 28.8 Å². The van der Waals surface area contributed by atoms with Crippen molar-refractivity contribution in [3.8, 4) is 0 Å². The number of amides is 1. The van der Waals surface area contributed by atoms with E-state index in [2.05, 4.69) is 15.5 Å². The fourth-order valence-electron chi connectivity index (χ4n) is 4.80. The number of nitrogens with one attached hydrogen (secondary N) is 2. The summed E-state index contributed by atoms with van der Waals surface area (Å²) >= 11 is 6.22. The molecular formula is C21H20ClN3O4S. The van der Waals surface area contributed by atoms with E-state index in [0.29, 0.717) is 23.4 Å². The summed E-state index contributed by atoms with van der Waals surface area (Å²) in [5, 5.41) is 22.6. The Morgan fingerprint density at radius 1 is 1.27 bits per heavy atom. The van der Waals surface area contributed by atoms with Crippen molar-refractivity contribution in [1.29, 1.82) is 0 Å². The van der Waals surface area contributed by atoms with Crippen LogP contribution in [0.3, 0.4) is 0 Å². The lowest BCUT2D eigenvalue weighted by Crippen LogP contribution is -2.33. The third kappa shape index (κ3) is 3.19. The average Bonchev–Trinajstić information content (AvgIpc) is 3.03. The number of aromatic amines is 1. The van der Waals surface area contributed by atoms with E-state index in [9.17, 15) is 18.3 Å². The molecule has 2 fully saturated rings. The maximum atomic E-state index is 12.6. The van der Waals surface area contributed by atoms with Gasteiger partial charge >= 0.3 is 0 Å². The highest BCUT2D eigenvalue weighted by Crippen LogP contribution is 2.60. The monoisotopic (exact) mass is 445 g/mol. The number of benzene rings is 2. The lowest BCUT2D eigenvalue weighted by atomic mass is 9.86. The summed E-state index contributed by atoms with van der Waals surface area (Å²) in [5.41, 5.74) is 0.840. The van der Waals surface area contributed by atoms with Gasteiger partial charge in [-0.15, -0.1) is 0 Å². The molecule has 2 saturated carbocycles. The number of sulfone groups is 1. The number of aromatic nitrogens is 2. The largest absolute Gasteiger partial charge is 0.385 e. The van der Waals surface area contributed by atoms with Crippen molar-refractivity contribution >= 4 is 38.2 Å². The summed E-state index contributed by atoms with van der Waals surface area (Å²) < 4.78 is 23.5. The minimum absolute atomic E-state index is 0.0290. The second kappa shape index (κ2) is 6.54. The van der Waals surface area contributed by atoms with Crippen molar-refractivity contribution in [2.75, 3.05) is 6.26 Å². The summed E-state index contributed by atoms with van der Waals surface area (Å²) in [6.07, 6.45) is 3.85. The Morgan fingerprint density at radius 3 is 2.70 bits per heavy atom. The maximum absolute atomic E-state index is 12.6. The Labute approximate surface area is 178 Å². The van der Waals surface area contributed by atoms with Crippen LogP contribution in [0.5, 0.6) is 0 Å². The molecule has 156 valence electrons. The van der Waals surface area contributed by atoms with Gasteiger partial charge in [-0.05, 0) is 60.6 Å². The Kier molecular flexibility index (Phi) is 4.26. The highest BCUT2D eigenvalue weighted by Gasteiger charge is 2.62. The molecule has 0 bridgehead atoms. The molecule has 1 heterocycles. The zero-order valence-corrected chi connectivity index (χ0v) is 17.7. The molecule has 0 saturated heterocycles. The third-order valence-electron chi connectivity index (χ3n) is 6.33. The van der Waals surface area contributed by atoms with Crippen LogP contribution in [0.15, 0.2) is 47.5 Å². The fraction of sp³-hybridized carbons (Fsp3) is 0.333. The lowest BCUT2D eigenvalue weighted by molar-refractivity contribution is 0.0293. The molecule has 30 heavy (non-hydrogen) atoms. The predicted molar refractivity (Wildman–Crippen MR) is 112 cm³/mol. The number of carbonyl (C=O) groups excluding carboxylic acids is 1. The number of nitrogens with zero attached hydrogens (tertiary/aromatic N) is 1. The Morgan fingerprint density at radius 2 is 2.00 bits per heavy atom. The minimum atomic E-state index is -3.38. The van der Waals surface area contributed by atoms with E-state index in [1.165, 1.54) is 12.1 Å². The van der Waals surface area contributed by atoms with Crippen molar-refractivity contribution in [3.63, 3.8) is 0 Å². The van der Waals surface area contributed by atoms with Crippen molar-refractivity contribution in [1.82, 2.24) is 15.5 Å². The number of hydrogen-bond donors (Lipinski definition) is 3. The number of H-pyrrole nitrogens is 1. The normalized spacial score (nSPS) is 27.8. The van der Waals surface area contributed by atoms with Gasteiger partial charge in [0, 0.05) is 28.3 Å². The van der Waals surface area contributed by atoms with E-state index in [4.69, 9.17) is 11.6 Å². The molecule has 3 N–H and O–H groups in total. The third-order valence-corrected chi connectivity index (χ3v) is 7.65. The van der Waals surface area contributed by atoms with Crippen LogP contribution in [-0.2, 0) is 15.4 Å². The van der Waals surface area contributed by atoms with Gasteiger partial charge in [0.05, 0.1) is 22.2 Å². The average molecular weight is 446 g/mol. The number of rotatable bonds is 4. The number of halogens is 1. The molecule has 4 atom stereocenters. The summed E-state index contributed by atoms with van der Waals surface area (Å²) in [6, 6.07) is 9.56. The molecule has 7 nitrogen and oxygen atoms in total. The molecule has 5 rings (SSSR count). The molecule has 9 heteroatoms. The van der Waals surface area contributed by atoms with E-state index < -0.39 is 15.4 Å². The van der Waals surface area contributed by atoms with Crippen molar-refractivity contribution in [2.24, 2.45) is 11.8 Å². The molecule has 1 aromatic heterocycles. The summed E-state index contributed by atoms with van der Waals surface area (Å²) in [5.74, 6) is 0.0272. The van der Waals surface area contributed by atoms with Gasteiger partial charge in [0.2, 0.25) is 0 Å². The van der Waals surface area contributed by atoms with Crippen molar-refractivity contribution in [2.45, 2.75) is 29.4 Å². The van der Waals surface area contributed by atoms with Crippen LogP contribution in [0.25, 0.3) is 10.9 Å². The second-order valence-corrected chi connectivity index (χ2v) is 10.8. The van der Waals surface area contributed by atoms with E-state index in [0.717, 1.165) is 22.7 Å². The molecule has 1 unspecified atom stereocenters. The van der Waals surface area contributed by atoms with Gasteiger partial charge in [0.1, 0.15) is 0 Å². The molecule has 3 aromatic rings. The quantitative estimate of drug-likeness (QED) is 0.571. The van der Waals surface area contributed by atoms with Crippen molar-refractivity contribution < 1.29 is 18.3 Å². The van der Waals surface area contributed by atoms with Crippen LogP contribution in [0.4, 0.5) is 0 Å². The van der Waals surface area contributed by atoms with Crippen molar-refractivity contribution in [3.05, 3.63) is 58.7 Å². The first kappa shape index (κ1) is 19.5. The topological polar surface area (TPSA) is 112 Å². The first-order valence-electron chi connectivity index (χ1n) is 9.62. The smallest absolute Gasteiger partial charge is 0.251 e.